The highest BCUT2D eigenvalue weighted by Gasteiger charge is 2.59. The van der Waals surface area contributed by atoms with E-state index >= 15 is 0 Å². The Morgan fingerprint density at radius 3 is 2.08 bits per heavy atom. The van der Waals surface area contributed by atoms with Gasteiger partial charge in [-0.1, -0.05) is 134 Å². The number of carbonyl (C=O) groups excluding carboxylic acids is 1. The van der Waals surface area contributed by atoms with Crippen LogP contribution in [0.25, 0.3) is 0 Å². The van der Waals surface area contributed by atoms with Crippen LogP contribution in [-0.4, -0.2) is 12.1 Å². The Bertz CT molecular complexity index is 1230. The molecule has 4 aliphatic rings. The van der Waals surface area contributed by atoms with Gasteiger partial charge in [0.05, 0.1) is 0 Å². The zero-order valence-corrected chi connectivity index (χ0v) is 34.2. The molecule has 0 aromatic carbocycles. The first-order valence-electron chi connectivity index (χ1n) is 21.8. The first-order chi connectivity index (χ1) is 24.6. The Balaban J connectivity index is 1.15. The van der Waals surface area contributed by atoms with Gasteiger partial charge < -0.3 is 4.74 Å². The van der Waals surface area contributed by atoms with Crippen LogP contribution in [0.5, 0.6) is 0 Å². The van der Waals surface area contributed by atoms with Crippen LogP contribution < -0.4 is 0 Å². The monoisotopic (exact) mass is 699 g/mol. The van der Waals surface area contributed by atoms with Crippen LogP contribution in [0.4, 0.5) is 0 Å². The van der Waals surface area contributed by atoms with Crippen molar-refractivity contribution in [1.29, 1.82) is 0 Å². The molecule has 0 aliphatic heterocycles. The van der Waals surface area contributed by atoms with E-state index in [0.29, 0.717) is 17.3 Å². The smallest absolute Gasteiger partial charge is 0.306 e. The maximum atomic E-state index is 12.8. The minimum Gasteiger partial charge on any atom is -0.462 e. The minimum atomic E-state index is 0.00319. The summed E-state index contributed by atoms with van der Waals surface area (Å²) >= 11 is 0. The van der Waals surface area contributed by atoms with Crippen molar-refractivity contribution in [3.05, 3.63) is 72.4 Å². The second-order valence-corrected chi connectivity index (χ2v) is 17.9. The molecule has 4 aliphatic carbocycles. The Kier molecular flexibility index (Phi) is 17.1. The summed E-state index contributed by atoms with van der Waals surface area (Å²) in [4.78, 5) is 12.8. The van der Waals surface area contributed by atoms with Gasteiger partial charge in [-0.15, -0.1) is 0 Å². The van der Waals surface area contributed by atoms with Crippen molar-refractivity contribution in [2.24, 2.45) is 52.3 Å². The van der Waals surface area contributed by atoms with Gasteiger partial charge in [-0.05, 0) is 149 Å². The van der Waals surface area contributed by atoms with Crippen LogP contribution in [0, 0.1) is 52.3 Å². The number of unbranched alkanes of at least 4 members (excludes halogenated alkanes) is 1. The van der Waals surface area contributed by atoms with Crippen molar-refractivity contribution in [1.82, 2.24) is 0 Å². The summed E-state index contributed by atoms with van der Waals surface area (Å²) in [5, 5.41) is 0. The number of carbonyl (C=O) groups is 1. The summed E-state index contributed by atoms with van der Waals surface area (Å²) in [5.41, 5.74) is 2.46. The first kappa shape index (κ1) is 41.7. The summed E-state index contributed by atoms with van der Waals surface area (Å²) in [6.07, 6.45) is 46.8. The van der Waals surface area contributed by atoms with Gasteiger partial charge in [-0.3, -0.25) is 4.79 Å². The molecular weight excluding hydrogens is 621 g/mol. The Morgan fingerprint density at radius 2 is 1.45 bits per heavy atom. The highest BCUT2D eigenvalue weighted by atomic mass is 16.5. The lowest BCUT2D eigenvalue weighted by atomic mass is 9.47. The standard InChI is InChI=1S/C49H78O2/c1-8-10-11-12-13-14-15-16-17-18-19-20-21-22-23-24-25-26-47(50)51-42-33-35-48(6)41(37-42)29-30-43-45-32-31-44(49(45,7)36-34-46(43)48)39(5)27-28-40(9-2)38(3)4/h10-11,13-14,16-17,19-20,22-23,29,38-40,42-46H,8-9,12,15,18,21,24-28,30-37H2,1-7H3/b11-10+,14-13+,17-16+,20-19+,23-22+/t39?,40?,42-,43?,44?,45?,46?,48?,49?/m0/s1. The molecule has 0 aromatic heterocycles. The van der Waals surface area contributed by atoms with Gasteiger partial charge in [0.25, 0.3) is 0 Å². The van der Waals surface area contributed by atoms with Crippen molar-refractivity contribution in [2.75, 3.05) is 0 Å². The summed E-state index contributed by atoms with van der Waals surface area (Å²) in [5.74, 6) is 6.02. The zero-order chi connectivity index (χ0) is 36.7. The van der Waals surface area contributed by atoms with Gasteiger partial charge in [0.15, 0.2) is 0 Å². The second kappa shape index (κ2) is 21.0. The van der Waals surface area contributed by atoms with Gasteiger partial charge in [-0.2, -0.15) is 0 Å². The normalized spacial score (nSPS) is 32.2. The number of ether oxygens (including phenoxy) is 1. The fourth-order valence-corrected chi connectivity index (χ4v) is 11.4. The maximum absolute atomic E-state index is 12.8. The Hall–Kier alpha value is -2.09. The minimum absolute atomic E-state index is 0.00319. The molecule has 0 bridgehead atoms. The summed E-state index contributed by atoms with van der Waals surface area (Å²) in [7, 11) is 0. The van der Waals surface area contributed by atoms with Gasteiger partial charge in [0.1, 0.15) is 6.10 Å². The van der Waals surface area contributed by atoms with Crippen LogP contribution in [-0.2, 0) is 9.53 Å². The Morgan fingerprint density at radius 1 is 0.804 bits per heavy atom. The van der Waals surface area contributed by atoms with Gasteiger partial charge in [-0.25, -0.2) is 0 Å². The van der Waals surface area contributed by atoms with E-state index in [-0.39, 0.29) is 12.1 Å². The molecule has 0 saturated heterocycles. The number of allylic oxidation sites excluding steroid dienone is 11. The molecular formula is C49H78O2. The lowest BCUT2D eigenvalue weighted by Gasteiger charge is -2.58. The van der Waals surface area contributed by atoms with Crippen molar-refractivity contribution in [3.63, 3.8) is 0 Å². The van der Waals surface area contributed by atoms with E-state index in [1.54, 1.807) is 5.57 Å². The molecule has 286 valence electrons. The molecule has 4 rings (SSSR count). The number of esters is 1. The lowest BCUT2D eigenvalue weighted by molar-refractivity contribution is -0.151. The van der Waals surface area contributed by atoms with E-state index in [9.17, 15) is 4.79 Å². The molecule has 3 saturated carbocycles. The Labute approximate surface area is 315 Å². The highest BCUT2D eigenvalue weighted by molar-refractivity contribution is 5.69. The van der Waals surface area contributed by atoms with Crippen molar-refractivity contribution in [3.8, 4) is 0 Å². The second-order valence-electron chi connectivity index (χ2n) is 17.9. The first-order valence-corrected chi connectivity index (χ1v) is 21.8. The quantitative estimate of drug-likeness (QED) is 0.0719. The van der Waals surface area contributed by atoms with E-state index < -0.39 is 0 Å². The van der Waals surface area contributed by atoms with Crippen LogP contribution in [0.3, 0.4) is 0 Å². The summed E-state index contributed by atoms with van der Waals surface area (Å²) in [6, 6.07) is 0. The number of hydrogen-bond donors (Lipinski definition) is 0. The molecule has 0 aromatic rings. The predicted octanol–water partition coefficient (Wildman–Crippen LogP) is 14.5. The number of rotatable bonds is 20. The van der Waals surface area contributed by atoms with Crippen LogP contribution in [0.15, 0.2) is 72.4 Å². The molecule has 0 spiro atoms. The molecule has 0 N–H and O–H groups in total. The topological polar surface area (TPSA) is 26.3 Å². The third-order valence-electron chi connectivity index (χ3n) is 14.5. The lowest BCUT2D eigenvalue weighted by Crippen LogP contribution is -2.51. The average molecular weight is 699 g/mol. The van der Waals surface area contributed by atoms with Crippen molar-refractivity contribution >= 4 is 5.97 Å². The molecule has 0 radical (unpaired) electrons. The number of hydrogen-bond acceptors (Lipinski definition) is 2. The van der Waals surface area contributed by atoms with E-state index in [1.165, 1.54) is 57.8 Å². The van der Waals surface area contributed by atoms with Gasteiger partial charge in [0.2, 0.25) is 0 Å². The van der Waals surface area contributed by atoms with Crippen molar-refractivity contribution in [2.45, 2.75) is 177 Å². The molecule has 8 unspecified atom stereocenters. The van der Waals surface area contributed by atoms with Crippen LogP contribution in [0.1, 0.15) is 170 Å². The number of fused-ring (bicyclic) bond motifs is 5. The zero-order valence-electron chi connectivity index (χ0n) is 34.2. The molecule has 0 amide bonds. The fourth-order valence-electron chi connectivity index (χ4n) is 11.4. The van der Waals surface area contributed by atoms with E-state index in [1.807, 2.05) is 0 Å². The third-order valence-corrected chi connectivity index (χ3v) is 14.5. The highest BCUT2D eigenvalue weighted by Crippen LogP contribution is 2.67. The van der Waals surface area contributed by atoms with Gasteiger partial charge in [0, 0.05) is 12.8 Å². The fraction of sp³-hybridized carbons (Fsp3) is 0.735. The SMILES string of the molecule is CC/C=C/C/C=C/C/C=C/C/C=C/C/C=C/CCCC(=O)O[C@H]1CCC2(C)C(=CCC3C2CCC2(C)C(C(C)CCC(CC)C(C)C)CCC32)C1. The van der Waals surface area contributed by atoms with Crippen LogP contribution >= 0.6 is 0 Å². The molecule has 51 heavy (non-hydrogen) atoms. The van der Waals surface area contributed by atoms with Crippen LogP contribution in [0.2, 0.25) is 0 Å². The largest absolute Gasteiger partial charge is 0.462 e. The molecule has 2 nitrogen and oxygen atoms in total. The van der Waals surface area contributed by atoms with E-state index in [0.717, 1.165) is 99.2 Å². The van der Waals surface area contributed by atoms with E-state index in [2.05, 4.69) is 115 Å². The molecule has 2 heteroatoms. The van der Waals surface area contributed by atoms with Crippen molar-refractivity contribution < 1.29 is 9.53 Å². The molecule has 9 atom stereocenters. The van der Waals surface area contributed by atoms with E-state index in [4.69, 9.17) is 4.74 Å². The van der Waals surface area contributed by atoms with Gasteiger partial charge >= 0.3 is 5.97 Å². The summed E-state index contributed by atoms with van der Waals surface area (Å²) < 4.78 is 6.11. The summed E-state index contributed by atoms with van der Waals surface area (Å²) in [6.45, 7) is 17.3. The maximum Gasteiger partial charge on any atom is 0.306 e. The molecule has 0 heterocycles. The predicted molar refractivity (Wildman–Crippen MR) is 220 cm³/mol. The molecule has 3 fully saturated rings. The third kappa shape index (κ3) is 11.5. The average Bonchev–Trinajstić information content (AvgIpc) is 3.47.